The second-order valence-electron chi connectivity index (χ2n) is 3.68. The summed E-state index contributed by atoms with van der Waals surface area (Å²) >= 11 is 0. The molecule has 2 rings (SSSR count). The molecule has 0 aliphatic carbocycles. The number of aryl methyl sites for hydroxylation is 1. The zero-order valence-corrected chi connectivity index (χ0v) is 9.75. The summed E-state index contributed by atoms with van der Waals surface area (Å²) in [7, 11) is 0. The maximum Gasteiger partial charge on any atom is 0.339 e. The zero-order valence-electron chi connectivity index (χ0n) is 9.75. The number of hydrogen-bond donors (Lipinski definition) is 2. The lowest BCUT2D eigenvalue weighted by molar-refractivity contribution is 0.0697. The van der Waals surface area contributed by atoms with Crippen LogP contribution in [-0.2, 0) is 6.42 Å². The predicted molar refractivity (Wildman–Crippen MR) is 62.4 cm³/mol. The number of aromatic nitrogens is 3. The SMILES string of the molecule is Cc1ccc(C(=O)O)c(NCCc2ncon2)n1. The van der Waals surface area contributed by atoms with Gasteiger partial charge >= 0.3 is 5.97 Å². The second-order valence-corrected chi connectivity index (χ2v) is 3.68. The van der Waals surface area contributed by atoms with Crippen LogP contribution in [0.4, 0.5) is 5.82 Å². The van der Waals surface area contributed by atoms with Crippen molar-refractivity contribution in [2.45, 2.75) is 13.3 Å². The Balaban J connectivity index is 2.03. The van der Waals surface area contributed by atoms with Crippen LogP contribution in [0.25, 0.3) is 0 Å². The van der Waals surface area contributed by atoms with Crippen LogP contribution in [-0.4, -0.2) is 32.7 Å². The van der Waals surface area contributed by atoms with Crippen LogP contribution >= 0.6 is 0 Å². The number of carboxylic acids is 1. The molecule has 0 saturated heterocycles. The molecule has 0 bridgehead atoms. The van der Waals surface area contributed by atoms with Crippen LogP contribution in [0.1, 0.15) is 21.9 Å². The van der Waals surface area contributed by atoms with Crippen molar-refractivity contribution in [3.8, 4) is 0 Å². The van der Waals surface area contributed by atoms with Crippen molar-refractivity contribution in [3.63, 3.8) is 0 Å². The first kappa shape index (κ1) is 12.0. The standard InChI is InChI=1S/C11H12N4O3/c1-7-2-3-8(11(16)17)10(14-7)12-5-4-9-13-6-18-15-9/h2-3,6H,4-5H2,1H3,(H,12,14)(H,16,17). The minimum atomic E-state index is -1.01. The van der Waals surface area contributed by atoms with E-state index in [1.165, 1.54) is 12.5 Å². The number of aromatic carboxylic acids is 1. The fourth-order valence-corrected chi connectivity index (χ4v) is 1.46. The van der Waals surface area contributed by atoms with Gasteiger partial charge in [-0.25, -0.2) is 9.78 Å². The summed E-state index contributed by atoms with van der Waals surface area (Å²) in [6, 6.07) is 3.19. The fourth-order valence-electron chi connectivity index (χ4n) is 1.46. The number of pyridine rings is 1. The van der Waals surface area contributed by atoms with Gasteiger partial charge in [0.25, 0.3) is 0 Å². The molecule has 0 fully saturated rings. The fraction of sp³-hybridized carbons (Fsp3) is 0.273. The lowest BCUT2D eigenvalue weighted by Crippen LogP contribution is -2.12. The number of carboxylic acid groups (broad SMARTS) is 1. The third-order valence-corrected chi connectivity index (χ3v) is 2.31. The summed E-state index contributed by atoms with van der Waals surface area (Å²) in [5.41, 5.74) is 0.899. The Kier molecular flexibility index (Phi) is 3.52. The molecular formula is C11H12N4O3. The summed E-state index contributed by atoms with van der Waals surface area (Å²) in [6.07, 6.45) is 1.79. The first-order valence-corrected chi connectivity index (χ1v) is 5.37. The summed E-state index contributed by atoms with van der Waals surface area (Å²) in [5, 5.41) is 15.6. The van der Waals surface area contributed by atoms with Crippen molar-refractivity contribution in [3.05, 3.63) is 35.6 Å². The highest BCUT2D eigenvalue weighted by Crippen LogP contribution is 2.13. The van der Waals surface area contributed by atoms with Gasteiger partial charge in [-0.05, 0) is 19.1 Å². The smallest absolute Gasteiger partial charge is 0.339 e. The van der Waals surface area contributed by atoms with Gasteiger partial charge in [0.2, 0.25) is 6.39 Å². The van der Waals surface area contributed by atoms with Crippen LogP contribution in [0.5, 0.6) is 0 Å². The first-order valence-electron chi connectivity index (χ1n) is 5.37. The maximum absolute atomic E-state index is 11.0. The third-order valence-electron chi connectivity index (χ3n) is 2.31. The van der Waals surface area contributed by atoms with Gasteiger partial charge in [-0.2, -0.15) is 4.98 Å². The van der Waals surface area contributed by atoms with Gasteiger partial charge in [0.05, 0.1) is 0 Å². The van der Waals surface area contributed by atoms with Crippen LogP contribution in [0.3, 0.4) is 0 Å². The van der Waals surface area contributed by atoms with Crippen molar-refractivity contribution in [1.29, 1.82) is 0 Å². The van der Waals surface area contributed by atoms with E-state index in [2.05, 4.69) is 25.0 Å². The van der Waals surface area contributed by atoms with Crippen LogP contribution < -0.4 is 5.32 Å². The Hall–Kier alpha value is -2.44. The molecule has 94 valence electrons. The van der Waals surface area contributed by atoms with E-state index in [4.69, 9.17) is 5.11 Å². The van der Waals surface area contributed by atoms with E-state index in [-0.39, 0.29) is 5.56 Å². The molecule has 18 heavy (non-hydrogen) atoms. The number of anilines is 1. The largest absolute Gasteiger partial charge is 0.478 e. The molecule has 7 nitrogen and oxygen atoms in total. The Bertz CT molecular complexity index is 539. The van der Waals surface area contributed by atoms with Crippen molar-refractivity contribution in [2.24, 2.45) is 0 Å². The predicted octanol–water partition coefficient (Wildman–Crippen LogP) is 1.13. The van der Waals surface area contributed by atoms with Crippen molar-refractivity contribution >= 4 is 11.8 Å². The molecule has 0 aromatic carbocycles. The molecule has 0 radical (unpaired) electrons. The average Bonchev–Trinajstić information content (AvgIpc) is 2.82. The van der Waals surface area contributed by atoms with Crippen molar-refractivity contribution in [2.75, 3.05) is 11.9 Å². The lowest BCUT2D eigenvalue weighted by atomic mass is 10.2. The lowest BCUT2D eigenvalue weighted by Gasteiger charge is -2.08. The van der Waals surface area contributed by atoms with E-state index < -0.39 is 5.97 Å². The maximum atomic E-state index is 11.0. The minimum Gasteiger partial charge on any atom is -0.478 e. The Labute approximate surface area is 103 Å². The molecular weight excluding hydrogens is 236 g/mol. The molecule has 2 aromatic heterocycles. The van der Waals surface area contributed by atoms with Crippen LogP contribution in [0.2, 0.25) is 0 Å². The molecule has 0 unspecified atom stereocenters. The molecule has 0 amide bonds. The van der Waals surface area contributed by atoms with Crippen molar-refractivity contribution in [1.82, 2.24) is 15.1 Å². The van der Waals surface area contributed by atoms with Gasteiger partial charge in [0, 0.05) is 18.7 Å². The quantitative estimate of drug-likeness (QED) is 0.817. The summed E-state index contributed by atoms with van der Waals surface area (Å²) in [5.74, 6) is -0.0948. The number of nitrogens with one attached hydrogen (secondary N) is 1. The molecule has 0 aliphatic rings. The van der Waals surface area contributed by atoms with Gasteiger partial charge in [0.15, 0.2) is 5.82 Å². The number of rotatable bonds is 5. The summed E-state index contributed by atoms with van der Waals surface area (Å²) in [6.45, 7) is 2.28. The molecule has 0 atom stereocenters. The summed E-state index contributed by atoms with van der Waals surface area (Å²) < 4.78 is 4.60. The Morgan fingerprint density at radius 2 is 2.33 bits per heavy atom. The third kappa shape index (κ3) is 2.82. The Morgan fingerprint density at radius 3 is 3.00 bits per heavy atom. The molecule has 2 N–H and O–H groups in total. The van der Waals surface area contributed by atoms with E-state index in [0.717, 1.165) is 5.69 Å². The van der Waals surface area contributed by atoms with Gasteiger partial charge in [0.1, 0.15) is 11.4 Å². The van der Waals surface area contributed by atoms with E-state index >= 15 is 0 Å². The minimum absolute atomic E-state index is 0.147. The van der Waals surface area contributed by atoms with E-state index in [0.29, 0.717) is 24.6 Å². The molecule has 2 heterocycles. The van der Waals surface area contributed by atoms with Crippen molar-refractivity contribution < 1.29 is 14.4 Å². The summed E-state index contributed by atoms with van der Waals surface area (Å²) in [4.78, 5) is 19.0. The highest BCUT2D eigenvalue weighted by atomic mass is 16.5. The highest BCUT2D eigenvalue weighted by Gasteiger charge is 2.11. The van der Waals surface area contributed by atoms with Gasteiger partial charge in [-0.1, -0.05) is 5.16 Å². The zero-order chi connectivity index (χ0) is 13.0. The second kappa shape index (κ2) is 5.26. The normalized spacial score (nSPS) is 10.3. The van der Waals surface area contributed by atoms with Gasteiger partial charge in [-0.3, -0.25) is 0 Å². The molecule has 0 saturated carbocycles. The van der Waals surface area contributed by atoms with E-state index in [9.17, 15) is 4.79 Å². The topological polar surface area (TPSA) is 101 Å². The molecule has 7 heteroatoms. The monoisotopic (exact) mass is 248 g/mol. The average molecular weight is 248 g/mol. The first-order chi connectivity index (χ1) is 8.66. The molecule has 0 spiro atoms. The number of carbonyl (C=O) groups is 1. The Morgan fingerprint density at radius 1 is 1.50 bits per heavy atom. The number of nitrogens with zero attached hydrogens (tertiary/aromatic N) is 3. The van der Waals surface area contributed by atoms with E-state index in [1.807, 2.05) is 0 Å². The van der Waals surface area contributed by atoms with Crippen LogP contribution in [0, 0.1) is 6.92 Å². The number of hydrogen-bond acceptors (Lipinski definition) is 6. The molecule has 2 aromatic rings. The van der Waals surface area contributed by atoms with Gasteiger partial charge < -0.3 is 14.9 Å². The van der Waals surface area contributed by atoms with E-state index in [1.54, 1.807) is 13.0 Å². The molecule has 0 aliphatic heterocycles. The highest BCUT2D eigenvalue weighted by molar-refractivity contribution is 5.93. The van der Waals surface area contributed by atoms with Gasteiger partial charge in [-0.15, -0.1) is 0 Å². The van der Waals surface area contributed by atoms with Crippen LogP contribution in [0.15, 0.2) is 23.0 Å².